The predicted molar refractivity (Wildman–Crippen MR) is 104 cm³/mol. The second-order valence-electron chi connectivity index (χ2n) is 7.24. The molecular formula is C19H26FN3O8. The van der Waals surface area contributed by atoms with E-state index < -0.39 is 59.9 Å². The highest BCUT2D eigenvalue weighted by molar-refractivity contribution is 5.83. The smallest absolute Gasteiger partial charge is 0.412 e. The van der Waals surface area contributed by atoms with Gasteiger partial charge in [-0.3, -0.25) is 19.5 Å². The van der Waals surface area contributed by atoms with Crippen LogP contribution in [-0.4, -0.2) is 52.5 Å². The van der Waals surface area contributed by atoms with Gasteiger partial charge in [-0.05, 0) is 12.8 Å². The molecule has 2 rings (SSSR count). The monoisotopic (exact) mass is 443 g/mol. The van der Waals surface area contributed by atoms with Crippen LogP contribution in [0.4, 0.5) is 15.0 Å². The Morgan fingerprint density at radius 1 is 1.26 bits per heavy atom. The molecular weight excluding hydrogens is 417 g/mol. The summed E-state index contributed by atoms with van der Waals surface area (Å²) in [5.74, 6) is -2.92. The molecule has 2 heterocycles. The first-order chi connectivity index (χ1) is 14.5. The molecule has 1 aromatic heterocycles. The van der Waals surface area contributed by atoms with Gasteiger partial charge in [0, 0.05) is 13.8 Å². The van der Waals surface area contributed by atoms with Gasteiger partial charge < -0.3 is 18.9 Å². The van der Waals surface area contributed by atoms with Gasteiger partial charge in [-0.2, -0.15) is 4.98 Å². The first-order valence-corrected chi connectivity index (χ1v) is 9.75. The van der Waals surface area contributed by atoms with Gasteiger partial charge in [0.1, 0.15) is 0 Å². The lowest BCUT2D eigenvalue weighted by Gasteiger charge is -2.23. The van der Waals surface area contributed by atoms with E-state index in [1.807, 2.05) is 13.8 Å². The third kappa shape index (κ3) is 6.23. The number of halogens is 1. The van der Waals surface area contributed by atoms with Crippen LogP contribution in [0.15, 0.2) is 11.0 Å². The van der Waals surface area contributed by atoms with Gasteiger partial charge in [0.25, 0.3) is 0 Å². The van der Waals surface area contributed by atoms with Crippen molar-refractivity contribution in [2.24, 2.45) is 5.92 Å². The molecule has 172 valence electrons. The van der Waals surface area contributed by atoms with Crippen LogP contribution in [0.5, 0.6) is 0 Å². The van der Waals surface area contributed by atoms with E-state index in [4.69, 9.17) is 18.9 Å². The van der Waals surface area contributed by atoms with Crippen molar-refractivity contribution >= 4 is 23.8 Å². The zero-order valence-corrected chi connectivity index (χ0v) is 17.9. The quantitative estimate of drug-likeness (QED) is 0.494. The Balaban J connectivity index is 2.26. The van der Waals surface area contributed by atoms with Crippen molar-refractivity contribution in [3.8, 4) is 0 Å². The van der Waals surface area contributed by atoms with E-state index in [1.54, 1.807) is 6.92 Å². The Bertz CT molecular complexity index is 889. The molecule has 31 heavy (non-hydrogen) atoms. The Hall–Kier alpha value is -3.02. The van der Waals surface area contributed by atoms with Crippen molar-refractivity contribution in [1.82, 2.24) is 9.55 Å². The Morgan fingerprint density at radius 2 is 1.87 bits per heavy atom. The molecule has 0 bridgehead atoms. The first-order valence-electron chi connectivity index (χ1n) is 9.75. The summed E-state index contributed by atoms with van der Waals surface area (Å²) in [6, 6.07) is 0. The van der Waals surface area contributed by atoms with Gasteiger partial charge in [-0.25, -0.2) is 14.0 Å². The third-order valence-corrected chi connectivity index (χ3v) is 4.62. The summed E-state index contributed by atoms with van der Waals surface area (Å²) in [6.07, 6.45) is -3.71. The van der Waals surface area contributed by atoms with Gasteiger partial charge in [-0.15, -0.1) is 0 Å². The minimum Gasteiger partial charge on any atom is -0.456 e. The number of aromatic nitrogens is 2. The Labute approximate surface area is 177 Å². The van der Waals surface area contributed by atoms with Crippen LogP contribution >= 0.6 is 0 Å². The highest BCUT2D eigenvalue weighted by Gasteiger charge is 2.48. The molecule has 0 saturated carbocycles. The number of hydrogen-bond acceptors (Lipinski definition) is 9. The fourth-order valence-corrected chi connectivity index (χ4v) is 2.88. The highest BCUT2D eigenvalue weighted by atomic mass is 19.1. The van der Waals surface area contributed by atoms with Crippen LogP contribution in [0.2, 0.25) is 0 Å². The molecule has 0 aromatic carbocycles. The Kier molecular flexibility index (Phi) is 8.08. The maximum absolute atomic E-state index is 14.6. The number of hydrogen-bond donors (Lipinski definition) is 1. The Morgan fingerprint density at radius 3 is 2.45 bits per heavy atom. The van der Waals surface area contributed by atoms with Crippen LogP contribution in [0.1, 0.15) is 47.3 Å². The van der Waals surface area contributed by atoms with Gasteiger partial charge >= 0.3 is 23.7 Å². The second kappa shape index (κ2) is 10.3. The molecule has 1 N–H and O–H groups in total. The van der Waals surface area contributed by atoms with Crippen molar-refractivity contribution < 1.29 is 37.7 Å². The van der Waals surface area contributed by atoms with Crippen LogP contribution in [-0.2, 0) is 28.5 Å². The fourth-order valence-electron chi connectivity index (χ4n) is 2.88. The number of esters is 2. The number of rotatable bonds is 7. The molecule has 1 aliphatic rings. The second-order valence-corrected chi connectivity index (χ2v) is 7.24. The molecule has 1 aromatic rings. The summed E-state index contributed by atoms with van der Waals surface area (Å²) in [4.78, 5) is 50.8. The summed E-state index contributed by atoms with van der Waals surface area (Å²) in [7, 11) is 0. The number of ether oxygens (including phenoxy) is 4. The van der Waals surface area contributed by atoms with Crippen LogP contribution in [0.3, 0.4) is 0 Å². The molecule has 1 fully saturated rings. The maximum atomic E-state index is 14.6. The number of amides is 1. The average molecular weight is 443 g/mol. The molecule has 1 aliphatic heterocycles. The van der Waals surface area contributed by atoms with Crippen LogP contribution in [0, 0.1) is 11.7 Å². The van der Waals surface area contributed by atoms with Crippen molar-refractivity contribution in [1.29, 1.82) is 0 Å². The number of carbonyl (C=O) groups excluding carboxylic acids is 3. The largest absolute Gasteiger partial charge is 0.456 e. The van der Waals surface area contributed by atoms with Gasteiger partial charge in [-0.1, -0.05) is 20.3 Å². The molecule has 5 atom stereocenters. The first kappa shape index (κ1) is 24.3. The fraction of sp³-hybridized carbons (Fsp3) is 0.632. The number of anilines is 1. The highest BCUT2D eigenvalue weighted by Crippen LogP contribution is 2.33. The van der Waals surface area contributed by atoms with Gasteiger partial charge in [0.05, 0.1) is 18.9 Å². The van der Waals surface area contributed by atoms with Crippen LogP contribution in [0.25, 0.3) is 0 Å². The number of nitrogens with one attached hydrogen (secondary N) is 1. The molecule has 0 radical (unpaired) electrons. The van der Waals surface area contributed by atoms with E-state index in [1.165, 1.54) is 6.92 Å². The third-order valence-electron chi connectivity index (χ3n) is 4.62. The number of carbonyl (C=O) groups is 3. The standard InChI is InChI=1S/C19H26FN3O8/c1-6-9(2)8-28-19(27)22-16-13(20)7-23(18(26)21-16)17-15(31-12(5)25)14(10(3)29-17)30-11(4)24/h7,9-10,14-15,17H,6,8H2,1-5H3,(H,21,22,26,27)/t9-,10-,14-,15-,17-/m1/s1. The lowest BCUT2D eigenvalue weighted by atomic mass is 10.1. The summed E-state index contributed by atoms with van der Waals surface area (Å²) < 4.78 is 36.2. The van der Waals surface area contributed by atoms with E-state index >= 15 is 0 Å². The van der Waals surface area contributed by atoms with Crippen molar-refractivity contribution in [3.05, 3.63) is 22.5 Å². The van der Waals surface area contributed by atoms with Gasteiger partial charge in [0.15, 0.2) is 30.1 Å². The molecule has 1 amide bonds. The predicted octanol–water partition coefficient (Wildman–Crippen LogP) is 1.76. The summed E-state index contributed by atoms with van der Waals surface area (Å²) in [5, 5.41) is 2.08. The zero-order chi connectivity index (χ0) is 23.3. The van der Waals surface area contributed by atoms with Crippen molar-refractivity contribution in [3.63, 3.8) is 0 Å². The summed E-state index contributed by atoms with van der Waals surface area (Å²) >= 11 is 0. The van der Waals surface area contributed by atoms with E-state index in [0.29, 0.717) is 0 Å². The maximum Gasteiger partial charge on any atom is 0.412 e. The normalized spacial score (nSPS) is 23.7. The van der Waals surface area contributed by atoms with Gasteiger partial charge in [0.2, 0.25) is 0 Å². The molecule has 0 aliphatic carbocycles. The van der Waals surface area contributed by atoms with E-state index in [9.17, 15) is 23.6 Å². The van der Waals surface area contributed by atoms with E-state index in [-0.39, 0.29) is 12.5 Å². The van der Waals surface area contributed by atoms with E-state index in [2.05, 4.69) is 10.3 Å². The van der Waals surface area contributed by atoms with Crippen molar-refractivity contribution in [2.45, 2.75) is 65.6 Å². The molecule has 0 unspecified atom stereocenters. The average Bonchev–Trinajstić information content (AvgIpc) is 2.96. The summed E-state index contributed by atoms with van der Waals surface area (Å²) in [5.41, 5.74) is -0.989. The molecule has 11 nitrogen and oxygen atoms in total. The lowest BCUT2D eigenvalue weighted by molar-refractivity contribution is -0.165. The SMILES string of the molecule is CC[C@@H](C)COC(=O)Nc1nc(=O)n([C@@H]2O[C@H](C)[C@@H](OC(C)=O)[C@H]2OC(C)=O)cc1F. The molecule has 12 heteroatoms. The van der Waals surface area contributed by atoms with Crippen LogP contribution < -0.4 is 11.0 Å². The zero-order valence-electron chi connectivity index (χ0n) is 17.9. The summed E-state index contributed by atoms with van der Waals surface area (Å²) in [6.45, 7) is 7.76. The number of nitrogens with zero attached hydrogens (tertiary/aromatic N) is 2. The lowest BCUT2D eigenvalue weighted by Crippen LogP contribution is -2.40. The minimum atomic E-state index is -1.30. The topological polar surface area (TPSA) is 135 Å². The van der Waals surface area contributed by atoms with Crippen molar-refractivity contribution in [2.75, 3.05) is 11.9 Å². The minimum absolute atomic E-state index is 0.112. The molecule has 1 saturated heterocycles. The van der Waals surface area contributed by atoms with E-state index in [0.717, 1.165) is 24.1 Å². The molecule has 0 spiro atoms.